The minimum absolute atomic E-state index is 0.383. The number of benzene rings is 2. The van der Waals surface area contributed by atoms with E-state index in [4.69, 9.17) is 9.47 Å². The Hall–Kier alpha value is -3.61. The Kier molecular flexibility index (Phi) is 6.63. The summed E-state index contributed by atoms with van der Waals surface area (Å²) in [6.07, 6.45) is 0.803. The summed E-state index contributed by atoms with van der Waals surface area (Å²) < 4.78 is 10.2. The average Bonchev–Trinajstić information content (AvgIpc) is 2.73. The molecule has 0 bridgehead atoms. The third-order valence-electron chi connectivity index (χ3n) is 4.29. The normalized spacial score (nSPS) is 10.3. The van der Waals surface area contributed by atoms with Gasteiger partial charge >= 0.3 is 5.97 Å². The Morgan fingerprint density at radius 1 is 1.00 bits per heavy atom. The number of ether oxygens (including phenoxy) is 2. The molecule has 0 saturated heterocycles. The van der Waals surface area contributed by atoms with Gasteiger partial charge in [0.15, 0.2) is 0 Å². The predicted molar refractivity (Wildman–Crippen MR) is 113 cm³/mol. The second-order valence-electron chi connectivity index (χ2n) is 6.37. The first-order chi connectivity index (χ1) is 14.1. The molecule has 2 N–H and O–H groups in total. The van der Waals surface area contributed by atoms with Gasteiger partial charge in [0.05, 0.1) is 19.8 Å². The van der Waals surface area contributed by atoms with Gasteiger partial charge in [0, 0.05) is 18.3 Å². The van der Waals surface area contributed by atoms with Crippen LogP contribution in [0.25, 0.3) is 0 Å². The Balaban J connectivity index is 1.67. The topological polar surface area (TPSA) is 85.4 Å². The number of nitrogens with zero attached hydrogens (tertiary/aromatic N) is 2. The van der Waals surface area contributed by atoms with Crippen LogP contribution in [0.15, 0.2) is 54.6 Å². The molecular weight excluding hydrogens is 368 g/mol. The minimum atomic E-state index is -0.383. The molecule has 0 fully saturated rings. The highest BCUT2D eigenvalue weighted by molar-refractivity contribution is 5.90. The zero-order valence-corrected chi connectivity index (χ0v) is 16.7. The highest BCUT2D eigenvalue weighted by Gasteiger charge is 2.08. The van der Waals surface area contributed by atoms with Crippen LogP contribution in [-0.2, 0) is 11.2 Å². The number of esters is 1. The van der Waals surface area contributed by atoms with Gasteiger partial charge in [-0.2, -0.15) is 0 Å². The molecule has 0 amide bonds. The molecular formula is C22H24N4O3. The van der Waals surface area contributed by atoms with Crippen molar-refractivity contribution in [1.29, 1.82) is 0 Å². The zero-order chi connectivity index (χ0) is 20.6. The molecule has 0 aliphatic carbocycles. The van der Waals surface area contributed by atoms with E-state index < -0.39 is 0 Å². The summed E-state index contributed by atoms with van der Waals surface area (Å²) in [5.74, 6) is 2.49. The smallest absolute Gasteiger partial charge is 0.337 e. The fraction of sp³-hybridized carbons (Fsp3) is 0.227. The molecule has 0 unspecified atom stereocenters. The van der Waals surface area contributed by atoms with Crippen LogP contribution in [0.4, 0.5) is 17.3 Å². The average molecular weight is 392 g/mol. The molecule has 3 aromatic rings. The summed E-state index contributed by atoms with van der Waals surface area (Å²) >= 11 is 0. The maximum Gasteiger partial charge on any atom is 0.337 e. The van der Waals surface area contributed by atoms with E-state index in [0.717, 1.165) is 29.2 Å². The number of para-hydroxylation sites is 1. The molecule has 0 saturated carbocycles. The van der Waals surface area contributed by atoms with Gasteiger partial charge in [-0.3, -0.25) is 0 Å². The Morgan fingerprint density at radius 2 is 1.79 bits per heavy atom. The lowest BCUT2D eigenvalue weighted by Crippen LogP contribution is -2.09. The molecule has 0 spiro atoms. The van der Waals surface area contributed by atoms with Crippen molar-refractivity contribution in [2.45, 2.75) is 13.3 Å². The van der Waals surface area contributed by atoms with Gasteiger partial charge in [-0.05, 0) is 43.2 Å². The van der Waals surface area contributed by atoms with E-state index in [1.54, 1.807) is 25.3 Å². The number of aromatic nitrogens is 2. The van der Waals surface area contributed by atoms with Crippen LogP contribution in [0.2, 0.25) is 0 Å². The van der Waals surface area contributed by atoms with Crippen molar-refractivity contribution in [2.24, 2.45) is 0 Å². The molecule has 1 heterocycles. The van der Waals surface area contributed by atoms with Crippen LogP contribution in [0, 0.1) is 6.92 Å². The van der Waals surface area contributed by atoms with Crippen LogP contribution >= 0.6 is 0 Å². The molecule has 3 rings (SSSR count). The summed E-state index contributed by atoms with van der Waals surface area (Å²) in [4.78, 5) is 20.6. The number of carbonyl (C=O) groups is 1. The maximum absolute atomic E-state index is 11.7. The molecule has 150 valence electrons. The molecule has 0 aliphatic rings. The highest BCUT2D eigenvalue weighted by Crippen LogP contribution is 2.20. The molecule has 7 heteroatoms. The second kappa shape index (κ2) is 9.54. The maximum atomic E-state index is 11.7. The summed E-state index contributed by atoms with van der Waals surface area (Å²) in [5.41, 5.74) is 2.34. The number of anilines is 3. The largest absolute Gasteiger partial charge is 0.496 e. The summed E-state index contributed by atoms with van der Waals surface area (Å²) in [5, 5.41) is 6.54. The monoisotopic (exact) mass is 392 g/mol. The van der Waals surface area contributed by atoms with Crippen molar-refractivity contribution in [3.8, 4) is 5.75 Å². The fourth-order valence-corrected chi connectivity index (χ4v) is 2.95. The third kappa shape index (κ3) is 5.44. The number of hydrogen-bond acceptors (Lipinski definition) is 7. The van der Waals surface area contributed by atoms with Gasteiger partial charge in [0.25, 0.3) is 0 Å². The van der Waals surface area contributed by atoms with E-state index in [-0.39, 0.29) is 5.97 Å². The van der Waals surface area contributed by atoms with E-state index in [0.29, 0.717) is 23.8 Å². The molecule has 1 aromatic heterocycles. The van der Waals surface area contributed by atoms with Crippen LogP contribution in [0.3, 0.4) is 0 Å². The zero-order valence-electron chi connectivity index (χ0n) is 16.7. The van der Waals surface area contributed by atoms with Crippen molar-refractivity contribution in [3.63, 3.8) is 0 Å². The molecule has 29 heavy (non-hydrogen) atoms. The lowest BCUT2D eigenvalue weighted by Gasteiger charge is -2.12. The molecule has 0 atom stereocenters. The second-order valence-corrected chi connectivity index (χ2v) is 6.37. The quantitative estimate of drug-likeness (QED) is 0.561. The van der Waals surface area contributed by atoms with Crippen LogP contribution in [0.5, 0.6) is 5.75 Å². The van der Waals surface area contributed by atoms with E-state index in [1.165, 1.54) is 7.11 Å². The number of hydrogen-bond donors (Lipinski definition) is 2. The number of nitrogens with one attached hydrogen (secondary N) is 2. The minimum Gasteiger partial charge on any atom is -0.496 e. The number of carbonyl (C=O) groups excluding carboxylic acids is 1. The van der Waals surface area contributed by atoms with Gasteiger partial charge in [0.2, 0.25) is 0 Å². The lowest BCUT2D eigenvalue weighted by atomic mass is 10.1. The third-order valence-corrected chi connectivity index (χ3v) is 4.29. The van der Waals surface area contributed by atoms with E-state index in [9.17, 15) is 4.79 Å². The lowest BCUT2D eigenvalue weighted by molar-refractivity contribution is 0.0601. The number of rotatable bonds is 8. The number of aryl methyl sites for hydroxylation is 1. The van der Waals surface area contributed by atoms with Crippen LogP contribution < -0.4 is 15.4 Å². The van der Waals surface area contributed by atoms with Gasteiger partial charge in [-0.15, -0.1) is 0 Å². The summed E-state index contributed by atoms with van der Waals surface area (Å²) in [6.45, 7) is 2.54. The SMILES string of the molecule is COC(=O)c1cccc(Nc2cc(NCCc3ccccc3OC)nc(C)n2)c1. The first kappa shape index (κ1) is 20.1. The Morgan fingerprint density at radius 3 is 2.59 bits per heavy atom. The summed E-state index contributed by atoms with van der Waals surface area (Å²) in [6, 6.07) is 16.9. The molecule has 2 aromatic carbocycles. The Bertz CT molecular complexity index is 991. The van der Waals surface area contributed by atoms with Gasteiger partial charge < -0.3 is 20.1 Å². The summed E-state index contributed by atoms with van der Waals surface area (Å²) in [7, 11) is 3.03. The first-order valence-electron chi connectivity index (χ1n) is 9.26. The van der Waals surface area contributed by atoms with Crippen LogP contribution in [-0.4, -0.2) is 36.7 Å². The standard InChI is InChI=1S/C22H24N4O3/c1-15-24-20(23-12-11-16-7-4-5-10-19(16)28-2)14-21(25-15)26-18-9-6-8-17(13-18)22(27)29-3/h4-10,13-14H,11-12H2,1-3H3,(H2,23,24,25,26). The van der Waals surface area contributed by atoms with E-state index in [2.05, 4.69) is 20.6 Å². The predicted octanol–water partition coefficient (Wildman–Crippen LogP) is 3.98. The molecule has 0 aliphatic heterocycles. The van der Waals surface area contributed by atoms with E-state index >= 15 is 0 Å². The fourth-order valence-electron chi connectivity index (χ4n) is 2.95. The van der Waals surface area contributed by atoms with Gasteiger partial charge in [-0.1, -0.05) is 24.3 Å². The number of methoxy groups -OCH3 is 2. The Labute approximate surface area is 170 Å². The van der Waals surface area contributed by atoms with Crippen LogP contribution in [0.1, 0.15) is 21.7 Å². The van der Waals surface area contributed by atoms with E-state index in [1.807, 2.05) is 43.3 Å². The first-order valence-corrected chi connectivity index (χ1v) is 9.26. The van der Waals surface area contributed by atoms with Crippen molar-refractivity contribution >= 4 is 23.3 Å². The van der Waals surface area contributed by atoms with Gasteiger partial charge in [0.1, 0.15) is 23.2 Å². The van der Waals surface area contributed by atoms with Crippen molar-refractivity contribution < 1.29 is 14.3 Å². The molecule has 7 nitrogen and oxygen atoms in total. The van der Waals surface area contributed by atoms with Crippen molar-refractivity contribution in [1.82, 2.24) is 9.97 Å². The van der Waals surface area contributed by atoms with Crippen molar-refractivity contribution in [2.75, 3.05) is 31.4 Å². The molecule has 0 radical (unpaired) electrons. The highest BCUT2D eigenvalue weighted by atomic mass is 16.5. The van der Waals surface area contributed by atoms with Gasteiger partial charge in [-0.25, -0.2) is 14.8 Å². The van der Waals surface area contributed by atoms with Crippen molar-refractivity contribution in [3.05, 3.63) is 71.5 Å².